The summed E-state index contributed by atoms with van der Waals surface area (Å²) in [6, 6.07) is 6.17. The van der Waals surface area contributed by atoms with Crippen molar-refractivity contribution in [2.24, 2.45) is 0 Å². The summed E-state index contributed by atoms with van der Waals surface area (Å²) in [5.41, 5.74) is 2.30. The number of nitrogens with one attached hydrogen (secondary N) is 2. The van der Waals surface area contributed by atoms with Crippen LogP contribution in [0.15, 0.2) is 18.2 Å². The zero-order valence-corrected chi connectivity index (χ0v) is 12.7. The normalized spacial score (nSPS) is 20.2. The van der Waals surface area contributed by atoms with Crippen molar-refractivity contribution in [1.29, 1.82) is 0 Å². The first kappa shape index (κ1) is 14.1. The van der Waals surface area contributed by atoms with Crippen LogP contribution in [0.1, 0.15) is 50.7 Å². The minimum absolute atomic E-state index is 0.0186. The maximum atomic E-state index is 12.1. The summed E-state index contributed by atoms with van der Waals surface area (Å²) in [6.45, 7) is 3.83. The second-order valence-electron chi connectivity index (χ2n) is 6.68. The number of hydrogen-bond acceptors (Lipinski definition) is 2. The third-order valence-corrected chi connectivity index (χ3v) is 4.66. The van der Waals surface area contributed by atoms with E-state index in [2.05, 4.69) is 10.6 Å². The monoisotopic (exact) mass is 286 g/mol. The average Bonchev–Trinajstić information content (AvgIpc) is 2.99. The number of fused-ring (bicyclic) bond motifs is 1. The lowest BCUT2D eigenvalue weighted by molar-refractivity contribution is -0.121. The van der Waals surface area contributed by atoms with Gasteiger partial charge in [0.25, 0.3) is 0 Å². The van der Waals surface area contributed by atoms with Gasteiger partial charge in [-0.15, -0.1) is 0 Å². The molecule has 0 aromatic heterocycles. The minimum Gasteiger partial charge on any atom is -0.353 e. The predicted molar refractivity (Wildman–Crippen MR) is 82.2 cm³/mol. The first-order valence-corrected chi connectivity index (χ1v) is 7.71. The fourth-order valence-electron chi connectivity index (χ4n) is 3.26. The Morgan fingerprint density at radius 1 is 1.33 bits per heavy atom. The second kappa shape index (κ2) is 5.17. The summed E-state index contributed by atoms with van der Waals surface area (Å²) in [5.74, 6) is 0.0991. The van der Waals surface area contributed by atoms with Crippen LogP contribution in [0.25, 0.3) is 0 Å². The van der Waals surface area contributed by atoms with E-state index < -0.39 is 5.41 Å². The van der Waals surface area contributed by atoms with Gasteiger partial charge in [-0.25, -0.2) is 0 Å². The van der Waals surface area contributed by atoms with Crippen LogP contribution in [0.3, 0.4) is 0 Å². The molecular weight excluding hydrogens is 264 g/mol. The van der Waals surface area contributed by atoms with Gasteiger partial charge in [0, 0.05) is 11.7 Å². The number of amides is 2. The van der Waals surface area contributed by atoms with Gasteiger partial charge in [-0.2, -0.15) is 0 Å². The van der Waals surface area contributed by atoms with Crippen molar-refractivity contribution in [2.75, 3.05) is 5.32 Å². The first-order valence-electron chi connectivity index (χ1n) is 7.71. The molecule has 0 bridgehead atoms. The van der Waals surface area contributed by atoms with Gasteiger partial charge in [-0.05, 0) is 43.9 Å². The number of carbonyl (C=O) groups excluding carboxylic acids is 2. The summed E-state index contributed by atoms with van der Waals surface area (Å²) in [6.07, 6.45) is 5.01. The van der Waals surface area contributed by atoms with Crippen molar-refractivity contribution in [1.82, 2.24) is 5.32 Å². The molecule has 1 aromatic carbocycles. The van der Waals surface area contributed by atoms with Gasteiger partial charge in [-0.3, -0.25) is 9.59 Å². The number of carbonyl (C=O) groups is 2. The Balaban J connectivity index is 1.71. The fraction of sp³-hybridized carbons (Fsp3) is 0.529. The summed E-state index contributed by atoms with van der Waals surface area (Å²) >= 11 is 0. The molecule has 1 heterocycles. The molecule has 0 saturated heterocycles. The fourth-order valence-corrected chi connectivity index (χ4v) is 3.26. The molecule has 1 aromatic rings. The van der Waals surface area contributed by atoms with Crippen LogP contribution >= 0.6 is 0 Å². The van der Waals surface area contributed by atoms with Crippen LogP contribution in [0.4, 0.5) is 5.69 Å². The number of anilines is 1. The van der Waals surface area contributed by atoms with E-state index in [9.17, 15) is 9.59 Å². The summed E-state index contributed by atoms with van der Waals surface area (Å²) in [7, 11) is 0. The lowest BCUT2D eigenvalue weighted by Gasteiger charge is -2.16. The van der Waals surface area contributed by atoms with Crippen LogP contribution in [-0.2, 0) is 21.4 Å². The molecule has 2 amide bonds. The van der Waals surface area contributed by atoms with Gasteiger partial charge in [-0.1, -0.05) is 25.0 Å². The smallest absolute Gasteiger partial charge is 0.234 e. The maximum Gasteiger partial charge on any atom is 0.234 e. The maximum absolute atomic E-state index is 12.1. The predicted octanol–water partition coefficient (Wildman–Crippen LogP) is 2.52. The van der Waals surface area contributed by atoms with Crippen LogP contribution in [0.2, 0.25) is 0 Å². The van der Waals surface area contributed by atoms with E-state index in [1.807, 2.05) is 32.0 Å². The molecule has 4 heteroatoms. The second-order valence-corrected chi connectivity index (χ2v) is 6.68. The molecule has 2 aliphatic rings. The molecule has 0 atom stereocenters. The van der Waals surface area contributed by atoms with Gasteiger partial charge in [0.15, 0.2) is 0 Å². The average molecular weight is 286 g/mol. The van der Waals surface area contributed by atoms with E-state index >= 15 is 0 Å². The molecule has 3 rings (SSSR count). The standard InChI is InChI=1S/C17H22N2O2/c1-17(2)13-9-11(7-8-14(13)19-16(17)21)10-15(20)18-12-5-3-4-6-12/h7-9,12H,3-6,10H2,1-2H3,(H,18,20)(H,19,21). The number of rotatable bonds is 3. The van der Waals surface area contributed by atoms with Gasteiger partial charge >= 0.3 is 0 Å². The number of hydrogen-bond donors (Lipinski definition) is 2. The number of benzene rings is 1. The zero-order chi connectivity index (χ0) is 15.0. The molecule has 1 aliphatic heterocycles. The summed E-state index contributed by atoms with van der Waals surface area (Å²) < 4.78 is 0. The molecule has 4 nitrogen and oxygen atoms in total. The van der Waals surface area contributed by atoms with E-state index in [-0.39, 0.29) is 11.8 Å². The van der Waals surface area contributed by atoms with E-state index in [1.165, 1.54) is 12.8 Å². The van der Waals surface area contributed by atoms with Crippen molar-refractivity contribution in [3.05, 3.63) is 29.3 Å². The van der Waals surface area contributed by atoms with E-state index in [1.54, 1.807) is 0 Å². The summed E-state index contributed by atoms with van der Waals surface area (Å²) in [4.78, 5) is 24.0. The zero-order valence-electron chi connectivity index (χ0n) is 12.7. The molecule has 0 unspecified atom stereocenters. The highest BCUT2D eigenvalue weighted by Gasteiger charge is 2.38. The molecule has 2 N–H and O–H groups in total. The third kappa shape index (κ3) is 2.67. The molecule has 1 fully saturated rings. The van der Waals surface area contributed by atoms with Crippen LogP contribution in [0, 0.1) is 0 Å². The quantitative estimate of drug-likeness (QED) is 0.897. The van der Waals surface area contributed by atoms with E-state index in [4.69, 9.17) is 0 Å². The molecule has 1 aliphatic carbocycles. The molecule has 1 saturated carbocycles. The van der Waals surface area contributed by atoms with Gasteiger partial charge in [0.2, 0.25) is 11.8 Å². The van der Waals surface area contributed by atoms with Crippen molar-refractivity contribution >= 4 is 17.5 Å². The largest absolute Gasteiger partial charge is 0.353 e. The Kier molecular flexibility index (Phi) is 3.47. The van der Waals surface area contributed by atoms with Crippen molar-refractivity contribution in [3.8, 4) is 0 Å². The summed E-state index contributed by atoms with van der Waals surface area (Å²) in [5, 5.41) is 5.99. The molecule has 0 spiro atoms. The molecular formula is C17H22N2O2. The Morgan fingerprint density at radius 3 is 2.76 bits per heavy atom. The van der Waals surface area contributed by atoms with Crippen LogP contribution in [-0.4, -0.2) is 17.9 Å². The van der Waals surface area contributed by atoms with Crippen molar-refractivity contribution in [3.63, 3.8) is 0 Å². The SMILES string of the molecule is CC1(C)C(=O)Nc2ccc(CC(=O)NC3CCCC3)cc21. The first-order chi connectivity index (χ1) is 9.96. The van der Waals surface area contributed by atoms with Gasteiger partial charge < -0.3 is 10.6 Å². The van der Waals surface area contributed by atoms with E-state index in [0.29, 0.717) is 12.5 Å². The van der Waals surface area contributed by atoms with Crippen molar-refractivity contribution < 1.29 is 9.59 Å². The van der Waals surface area contributed by atoms with E-state index in [0.717, 1.165) is 29.7 Å². The van der Waals surface area contributed by atoms with Gasteiger partial charge in [0.05, 0.1) is 11.8 Å². The lowest BCUT2D eigenvalue weighted by atomic mass is 9.85. The van der Waals surface area contributed by atoms with Gasteiger partial charge in [0.1, 0.15) is 0 Å². The topological polar surface area (TPSA) is 58.2 Å². The highest BCUT2D eigenvalue weighted by atomic mass is 16.2. The lowest BCUT2D eigenvalue weighted by Crippen LogP contribution is -2.33. The van der Waals surface area contributed by atoms with Crippen LogP contribution < -0.4 is 10.6 Å². The van der Waals surface area contributed by atoms with Crippen LogP contribution in [0.5, 0.6) is 0 Å². The molecule has 21 heavy (non-hydrogen) atoms. The molecule has 0 radical (unpaired) electrons. The third-order valence-electron chi connectivity index (χ3n) is 4.66. The highest BCUT2D eigenvalue weighted by Crippen LogP contribution is 2.37. The Labute approximate surface area is 125 Å². The molecule has 112 valence electrons. The highest BCUT2D eigenvalue weighted by molar-refractivity contribution is 6.05. The Morgan fingerprint density at radius 2 is 2.05 bits per heavy atom. The Bertz CT molecular complexity index is 586. The minimum atomic E-state index is -0.521. The van der Waals surface area contributed by atoms with Crippen molar-refractivity contribution in [2.45, 2.75) is 57.4 Å². The Hall–Kier alpha value is -1.84.